The Labute approximate surface area is 157 Å². The summed E-state index contributed by atoms with van der Waals surface area (Å²) in [5.74, 6) is -0.825. The smallest absolute Gasteiger partial charge is 0.253 e. The Morgan fingerprint density at radius 2 is 1.52 bits per heavy atom. The lowest BCUT2D eigenvalue weighted by Gasteiger charge is -2.41. The molecule has 1 heterocycles. The van der Waals surface area contributed by atoms with Gasteiger partial charge in [-0.05, 0) is 25.1 Å². The number of carbonyl (C=O) groups is 3. The average Bonchev–Trinajstić information content (AvgIpc) is 2.64. The van der Waals surface area contributed by atoms with Crippen molar-refractivity contribution in [3.8, 4) is 0 Å². The van der Waals surface area contributed by atoms with Crippen LogP contribution in [0.4, 0.5) is 0 Å². The number of likely N-dealkylation sites (tertiary alicyclic amines) is 1. The molecule has 0 spiro atoms. The largest absolute Gasteiger partial charge is 0.338 e. The van der Waals surface area contributed by atoms with Crippen LogP contribution in [0.5, 0.6) is 0 Å². The number of hydrogen-bond acceptors (Lipinski definition) is 5. The molecule has 1 fully saturated rings. The predicted molar refractivity (Wildman–Crippen MR) is 98.9 cm³/mol. The predicted octanol–water partition coefficient (Wildman–Crippen LogP) is 1.53. The lowest BCUT2D eigenvalue weighted by Crippen LogP contribution is -2.54. The molecule has 4 rings (SSSR count). The van der Waals surface area contributed by atoms with Crippen LogP contribution in [-0.2, 0) is 10.7 Å². The lowest BCUT2D eigenvalue weighted by molar-refractivity contribution is 0.0501. The normalized spacial score (nSPS) is 17.3. The molecule has 138 valence electrons. The SMILES string of the molecule is CC(C1CN(C(=O)c2ccc3c(c2)C(=O)c2ccccc2C3=O)C1)[SH](=O)=O. The van der Waals surface area contributed by atoms with Crippen LogP contribution >= 0.6 is 0 Å². The van der Waals surface area contributed by atoms with Crippen molar-refractivity contribution in [2.45, 2.75) is 12.2 Å². The van der Waals surface area contributed by atoms with Crippen LogP contribution in [0, 0.1) is 5.92 Å². The minimum absolute atomic E-state index is 0.0669. The van der Waals surface area contributed by atoms with Gasteiger partial charge in [0.25, 0.3) is 5.91 Å². The molecule has 0 N–H and O–H groups in total. The van der Waals surface area contributed by atoms with E-state index in [0.717, 1.165) is 0 Å². The first kappa shape index (κ1) is 17.6. The summed E-state index contributed by atoms with van der Waals surface area (Å²) in [5.41, 5.74) is 1.58. The molecule has 0 saturated carbocycles. The van der Waals surface area contributed by atoms with Crippen LogP contribution < -0.4 is 0 Å². The summed E-state index contributed by atoms with van der Waals surface area (Å²) in [6, 6.07) is 11.2. The van der Waals surface area contributed by atoms with Gasteiger partial charge in [0.15, 0.2) is 11.6 Å². The molecule has 27 heavy (non-hydrogen) atoms. The van der Waals surface area contributed by atoms with Crippen molar-refractivity contribution in [3.63, 3.8) is 0 Å². The summed E-state index contributed by atoms with van der Waals surface area (Å²) in [5, 5.41) is -0.469. The van der Waals surface area contributed by atoms with E-state index < -0.39 is 16.0 Å². The van der Waals surface area contributed by atoms with Gasteiger partial charge in [-0.3, -0.25) is 14.4 Å². The van der Waals surface area contributed by atoms with Crippen molar-refractivity contribution < 1.29 is 22.8 Å². The minimum atomic E-state index is -2.51. The number of nitrogens with zero attached hydrogens (tertiary/aromatic N) is 1. The zero-order valence-electron chi connectivity index (χ0n) is 14.5. The van der Waals surface area contributed by atoms with E-state index in [0.29, 0.717) is 35.3 Å². The standard InChI is InChI=1S/C20H17NO5S/c1-11(27(25)26)13-9-21(10-13)20(24)12-6-7-16-17(8-12)19(23)15-5-3-2-4-14(15)18(16)22/h2-8,11,13,27H,9-10H2,1H3. The first-order valence-electron chi connectivity index (χ1n) is 8.63. The summed E-state index contributed by atoms with van der Waals surface area (Å²) in [6.45, 7) is 2.38. The van der Waals surface area contributed by atoms with E-state index in [4.69, 9.17) is 0 Å². The number of ketones is 2. The van der Waals surface area contributed by atoms with Gasteiger partial charge >= 0.3 is 0 Å². The van der Waals surface area contributed by atoms with Gasteiger partial charge < -0.3 is 4.90 Å². The molecular formula is C20H17NO5S. The molecule has 1 amide bonds. The quantitative estimate of drug-likeness (QED) is 0.693. The third-order valence-electron chi connectivity index (χ3n) is 5.38. The second kappa shape index (κ2) is 6.42. The second-order valence-corrected chi connectivity index (χ2v) is 8.35. The van der Waals surface area contributed by atoms with Gasteiger partial charge in [-0.25, -0.2) is 8.42 Å². The van der Waals surface area contributed by atoms with E-state index in [1.807, 2.05) is 0 Å². The van der Waals surface area contributed by atoms with Crippen LogP contribution in [0.3, 0.4) is 0 Å². The zero-order chi connectivity index (χ0) is 19.3. The fourth-order valence-electron chi connectivity index (χ4n) is 3.57. The van der Waals surface area contributed by atoms with Crippen molar-refractivity contribution in [3.05, 3.63) is 70.3 Å². The number of amides is 1. The van der Waals surface area contributed by atoms with Crippen molar-refractivity contribution in [2.24, 2.45) is 5.92 Å². The van der Waals surface area contributed by atoms with E-state index in [1.54, 1.807) is 42.2 Å². The van der Waals surface area contributed by atoms with Gasteiger partial charge in [-0.15, -0.1) is 0 Å². The Morgan fingerprint density at radius 1 is 0.963 bits per heavy atom. The number of hydrogen-bond donors (Lipinski definition) is 1. The maximum absolute atomic E-state index is 12.8. The molecule has 1 atom stereocenters. The van der Waals surface area contributed by atoms with Crippen molar-refractivity contribution in [1.29, 1.82) is 0 Å². The number of fused-ring (bicyclic) bond motifs is 2. The Balaban J connectivity index is 1.60. The maximum Gasteiger partial charge on any atom is 0.253 e. The summed E-state index contributed by atoms with van der Waals surface area (Å²) in [6.07, 6.45) is 0. The van der Waals surface area contributed by atoms with E-state index in [-0.39, 0.29) is 29.0 Å². The average molecular weight is 383 g/mol. The van der Waals surface area contributed by atoms with E-state index in [1.165, 1.54) is 12.1 Å². The third-order valence-corrected chi connectivity index (χ3v) is 6.47. The first-order valence-corrected chi connectivity index (χ1v) is 9.88. The van der Waals surface area contributed by atoms with Crippen molar-refractivity contribution >= 4 is 28.2 Å². The fourth-order valence-corrected chi connectivity index (χ4v) is 4.10. The van der Waals surface area contributed by atoms with Gasteiger partial charge in [0.2, 0.25) is 0 Å². The lowest BCUT2D eigenvalue weighted by atomic mass is 9.83. The Bertz CT molecular complexity index is 1060. The molecule has 2 aromatic carbocycles. The molecule has 6 nitrogen and oxygen atoms in total. The highest BCUT2D eigenvalue weighted by Crippen LogP contribution is 2.29. The van der Waals surface area contributed by atoms with E-state index >= 15 is 0 Å². The highest BCUT2D eigenvalue weighted by atomic mass is 32.2. The topological polar surface area (TPSA) is 88.6 Å². The van der Waals surface area contributed by atoms with E-state index in [2.05, 4.69) is 0 Å². The number of thiol groups is 1. The summed E-state index contributed by atoms with van der Waals surface area (Å²) < 4.78 is 22.1. The van der Waals surface area contributed by atoms with Crippen LogP contribution in [0.1, 0.15) is 49.1 Å². The van der Waals surface area contributed by atoms with Crippen LogP contribution in [-0.4, -0.2) is 49.1 Å². The van der Waals surface area contributed by atoms with Gasteiger partial charge in [0, 0.05) is 46.8 Å². The Morgan fingerprint density at radius 3 is 2.11 bits per heavy atom. The van der Waals surface area contributed by atoms with Gasteiger partial charge in [-0.1, -0.05) is 24.3 Å². The first-order chi connectivity index (χ1) is 12.9. The summed E-state index contributed by atoms with van der Waals surface area (Å²) in [7, 11) is -2.51. The zero-order valence-corrected chi connectivity index (χ0v) is 15.4. The van der Waals surface area contributed by atoms with Crippen LogP contribution in [0.25, 0.3) is 0 Å². The highest BCUT2D eigenvalue weighted by molar-refractivity contribution is 7.73. The molecule has 2 aromatic rings. The summed E-state index contributed by atoms with van der Waals surface area (Å²) >= 11 is 0. The number of carbonyl (C=O) groups excluding carboxylic acids is 3. The third kappa shape index (κ3) is 2.78. The van der Waals surface area contributed by atoms with Gasteiger partial charge in [0.05, 0.1) is 5.25 Å². The molecule has 0 bridgehead atoms. The molecule has 1 saturated heterocycles. The summed E-state index contributed by atoms with van der Waals surface area (Å²) in [4.78, 5) is 39.6. The molecule has 7 heteroatoms. The molecule has 0 radical (unpaired) electrons. The van der Waals surface area contributed by atoms with Crippen LogP contribution in [0.2, 0.25) is 0 Å². The van der Waals surface area contributed by atoms with Gasteiger partial charge in [0.1, 0.15) is 10.7 Å². The van der Waals surface area contributed by atoms with Gasteiger partial charge in [-0.2, -0.15) is 0 Å². The fraction of sp³-hybridized carbons (Fsp3) is 0.250. The second-order valence-electron chi connectivity index (χ2n) is 6.96. The van der Waals surface area contributed by atoms with Crippen molar-refractivity contribution in [1.82, 2.24) is 4.90 Å². The Kier molecular flexibility index (Phi) is 4.19. The van der Waals surface area contributed by atoms with Crippen molar-refractivity contribution in [2.75, 3.05) is 13.1 Å². The molecule has 1 aliphatic carbocycles. The highest BCUT2D eigenvalue weighted by Gasteiger charge is 2.37. The maximum atomic E-state index is 12.8. The monoisotopic (exact) mass is 383 g/mol. The minimum Gasteiger partial charge on any atom is -0.338 e. The molecule has 2 aliphatic rings. The number of rotatable bonds is 3. The molecular weight excluding hydrogens is 366 g/mol. The van der Waals surface area contributed by atoms with Crippen LogP contribution in [0.15, 0.2) is 42.5 Å². The molecule has 1 unspecified atom stereocenters. The number of benzene rings is 2. The van der Waals surface area contributed by atoms with E-state index in [9.17, 15) is 22.8 Å². The Hall–Kier alpha value is -2.80. The molecule has 1 aliphatic heterocycles. The molecule has 0 aromatic heterocycles.